The largest absolute Gasteiger partial charge is 0.378 e. The van der Waals surface area contributed by atoms with Gasteiger partial charge in [-0.2, -0.15) is 5.10 Å². The summed E-state index contributed by atoms with van der Waals surface area (Å²) in [5.41, 5.74) is 4.92. The Labute approximate surface area is 102 Å². The molecule has 0 aliphatic heterocycles. The van der Waals surface area contributed by atoms with E-state index in [0.29, 0.717) is 0 Å². The van der Waals surface area contributed by atoms with E-state index in [1.165, 1.54) is 11.1 Å². The molecule has 0 saturated heterocycles. The summed E-state index contributed by atoms with van der Waals surface area (Å²) < 4.78 is 1.84. The summed E-state index contributed by atoms with van der Waals surface area (Å²) >= 11 is 0. The third kappa shape index (κ3) is 2.67. The number of hydrogen-bond donors (Lipinski definition) is 1. The Bertz CT molecular complexity index is 500. The number of nitrogens with one attached hydrogen (secondary N) is 1. The molecule has 0 radical (unpaired) electrons. The Morgan fingerprint density at radius 1 is 1.24 bits per heavy atom. The second kappa shape index (κ2) is 5.04. The van der Waals surface area contributed by atoms with Gasteiger partial charge in [0.2, 0.25) is 0 Å². The van der Waals surface area contributed by atoms with Crippen LogP contribution in [0.4, 0.5) is 5.69 Å². The van der Waals surface area contributed by atoms with Gasteiger partial charge in [0, 0.05) is 19.8 Å². The zero-order valence-electron chi connectivity index (χ0n) is 10.7. The molecule has 2 rings (SSSR count). The molecule has 0 saturated carbocycles. The van der Waals surface area contributed by atoms with Gasteiger partial charge in [-0.1, -0.05) is 31.2 Å². The summed E-state index contributed by atoms with van der Waals surface area (Å²) in [6.07, 6.45) is 3.09. The average Bonchev–Trinajstić information content (AvgIpc) is 2.65. The highest BCUT2D eigenvalue weighted by atomic mass is 15.3. The van der Waals surface area contributed by atoms with Crippen LogP contribution in [-0.4, -0.2) is 9.78 Å². The lowest BCUT2D eigenvalue weighted by molar-refractivity contribution is 0.756. The monoisotopic (exact) mass is 229 g/mol. The first kappa shape index (κ1) is 11.7. The quantitative estimate of drug-likeness (QED) is 0.873. The first-order valence-corrected chi connectivity index (χ1v) is 6.01. The van der Waals surface area contributed by atoms with Crippen LogP contribution in [0.3, 0.4) is 0 Å². The Morgan fingerprint density at radius 2 is 1.94 bits per heavy atom. The Kier molecular flexibility index (Phi) is 3.47. The smallest absolute Gasteiger partial charge is 0.0825 e. The topological polar surface area (TPSA) is 29.9 Å². The summed E-state index contributed by atoms with van der Waals surface area (Å²) in [4.78, 5) is 0. The van der Waals surface area contributed by atoms with Crippen LogP contribution in [0, 0.1) is 6.92 Å². The van der Waals surface area contributed by atoms with Gasteiger partial charge in [-0.05, 0) is 24.5 Å². The predicted molar refractivity (Wildman–Crippen MR) is 71.1 cm³/mol. The standard InChI is InChI=1S/C14H19N3/c1-4-12-7-5-6-8-13(12)9-15-14-10-17(3)16-11(14)2/h5-8,10,15H,4,9H2,1-3H3. The van der Waals surface area contributed by atoms with Crippen molar-refractivity contribution in [1.29, 1.82) is 0 Å². The van der Waals surface area contributed by atoms with E-state index >= 15 is 0 Å². The molecule has 0 bridgehead atoms. The van der Waals surface area contributed by atoms with Gasteiger partial charge in [-0.15, -0.1) is 0 Å². The van der Waals surface area contributed by atoms with E-state index in [1.807, 2.05) is 24.9 Å². The predicted octanol–water partition coefficient (Wildman–Crippen LogP) is 2.90. The molecular weight excluding hydrogens is 210 g/mol. The van der Waals surface area contributed by atoms with Crippen molar-refractivity contribution in [2.75, 3.05) is 5.32 Å². The lowest BCUT2D eigenvalue weighted by Gasteiger charge is -2.09. The van der Waals surface area contributed by atoms with Gasteiger partial charge < -0.3 is 5.32 Å². The van der Waals surface area contributed by atoms with Crippen molar-refractivity contribution in [2.45, 2.75) is 26.8 Å². The minimum Gasteiger partial charge on any atom is -0.378 e. The van der Waals surface area contributed by atoms with Crippen molar-refractivity contribution >= 4 is 5.69 Å². The van der Waals surface area contributed by atoms with Gasteiger partial charge in [0.1, 0.15) is 0 Å². The molecule has 1 aromatic heterocycles. The van der Waals surface area contributed by atoms with Crippen LogP contribution in [0.25, 0.3) is 0 Å². The van der Waals surface area contributed by atoms with Crippen LogP contribution in [0.15, 0.2) is 30.5 Å². The van der Waals surface area contributed by atoms with Gasteiger partial charge in [-0.3, -0.25) is 4.68 Å². The van der Waals surface area contributed by atoms with E-state index in [0.717, 1.165) is 24.3 Å². The highest BCUT2D eigenvalue weighted by molar-refractivity contribution is 5.46. The molecule has 0 unspecified atom stereocenters. The van der Waals surface area contributed by atoms with E-state index < -0.39 is 0 Å². The van der Waals surface area contributed by atoms with E-state index in [-0.39, 0.29) is 0 Å². The van der Waals surface area contributed by atoms with Crippen LogP contribution in [0.2, 0.25) is 0 Å². The zero-order valence-corrected chi connectivity index (χ0v) is 10.7. The second-order valence-electron chi connectivity index (χ2n) is 4.28. The molecule has 3 heteroatoms. The number of rotatable bonds is 4. The van der Waals surface area contributed by atoms with Gasteiger partial charge >= 0.3 is 0 Å². The number of nitrogens with zero attached hydrogens (tertiary/aromatic N) is 2. The molecule has 17 heavy (non-hydrogen) atoms. The molecule has 1 N–H and O–H groups in total. The van der Waals surface area contributed by atoms with Crippen molar-refractivity contribution in [3.63, 3.8) is 0 Å². The van der Waals surface area contributed by atoms with E-state index in [1.54, 1.807) is 0 Å². The van der Waals surface area contributed by atoms with E-state index in [4.69, 9.17) is 0 Å². The Morgan fingerprint density at radius 3 is 2.53 bits per heavy atom. The molecule has 2 aromatic rings. The van der Waals surface area contributed by atoms with Crippen molar-refractivity contribution in [3.05, 3.63) is 47.3 Å². The highest BCUT2D eigenvalue weighted by Crippen LogP contribution is 2.15. The van der Waals surface area contributed by atoms with Crippen LogP contribution in [-0.2, 0) is 20.0 Å². The molecule has 1 heterocycles. The second-order valence-corrected chi connectivity index (χ2v) is 4.28. The minimum atomic E-state index is 0.858. The number of aryl methyl sites for hydroxylation is 3. The molecule has 3 nitrogen and oxygen atoms in total. The van der Waals surface area contributed by atoms with Crippen molar-refractivity contribution in [3.8, 4) is 0 Å². The van der Waals surface area contributed by atoms with E-state index in [2.05, 4.69) is 41.6 Å². The fraction of sp³-hybridized carbons (Fsp3) is 0.357. The molecule has 0 spiro atoms. The summed E-state index contributed by atoms with van der Waals surface area (Å²) in [6, 6.07) is 8.55. The van der Waals surface area contributed by atoms with Crippen LogP contribution in [0.1, 0.15) is 23.7 Å². The SMILES string of the molecule is CCc1ccccc1CNc1cn(C)nc1C. The first-order valence-electron chi connectivity index (χ1n) is 6.01. The normalized spacial score (nSPS) is 10.5. The molecule has 0 aliphatic rings. The molecular formula is C14H19N3. The van der Waals surface area contributed by atoms with Crippen molar-refractivity contribution in [1.82, 2.24) is 9.78 Å². The third-order valence-corrected chi connectivity index (χ3v) is 2.98. The third-order valence-electron chi connectivity index (χ3n) is 2.98. The van der Waals surface area contributed by atoms with Gasteiger partial charge in [0.25, 0.3) is 0 Å². The van der Waals surface area contributed by atoms with Crippen molar-refractivity contribution in [2.24, 2.45) is 7.05 Å². The lowest BCUT2D eigenvalue weighted by atomic mass is 10.1. The number of benzene rings is 1. The molecule has 0 fully saturated rings. The Balaban J connectivity index is 2.09. The number of anilines is 1. The fourth-order valence-corrected chi connectivity index (χ4v) is 2.04. The minimum absolute atomic E-state index is 0.858. The summed E-state index contributed by atoms with van der Waals surface area (Å²) in [5.74, 6) is 0. The molecule has 0 aliphatic carbocycles. The summed E-state index contributed by atoms with van der Waals surface area (Å²) in [6.45, 7) is 5.07. The summed E-state index contributed by atoms with van der Waals surface area (Å²) in [7, 11) is 1.94. The zero-order chi connectivity index (χ0) is 12.3. The maximum Gasteiger partial charge on any atom is 0.0825 e. The Hall–Kier alpha value is -1.77. The van der Waals surface area contributed by atoms with Gasteiger partial charge in [0.05, 0.1) is 11.4 Å². The van der Waals surface area contributed by atoms with Crippen LogP contribution < -0.4 is 5.32 Å². The molecule has 0 atom stereocenters. The highest BCUT2D eigenvalue weighted by Gasteiger charge is 2.04. The molecule has 0 amide bonds. The molecule has 1 aromatic carbocycles. The van der Waals surface area contributed by atoms with Gasteiger partial charge in [0.15, 0.2) is 0 Å². The van der Waals surface area contributed by atoms with Crippen LogP contribution in [0.5, 0.6) is 0 Å². The van der Waals surface area contributed by atoms with E-state index in [9.17, 15) is 0 Å². The maximum atomic E-state index is 4.32. The number of hydrogen-bond acceptors (Lipinski definition) is 2. The fourth-order valence-electron chi connectivity index (χ4n) is 2.04. The number of aromatic nitrogens is 2. The molecule has 90 valence electrons. The van der Waals surface area contributed by atoms with Crippen LogP contribution >= 0.6 is 0 Å². The summed E-state index contributed by atoms with van der Waals surface area (Å²) in [5, 5.41) is 7.76. The first-order chi connectivity index (χ1) is 8.20. The maximum absolute atomic E-state index is 4.32. The van der Waals surface area contributed by atoms with Gasteiger partial charge in [-0.25, -0.2) is 0 Å². The lowest BCUT2D eigenvalue weighted by Crippen LogP contribution is -2.02. The average molecular weight is 229 g/mol. The van der Waals surface area contributed by atoms with Crippen molar-refractivity contribution < 1.29 is 0 Å².